The number of thioether (sulfide) groups is 2. The number of hydrogen-bond acceptors (Lipinski definition) is 6. The predicted molar refractivity (Wildman–Crippen MR) is 112 cm³/mol. The van der Waals surface area contributed by atoms with Crippen molar-refractivity contribution in [2.75, 3.05) is 17.6 Å². The molecule has 1 aromatic rings. The largest absolute Gasteiger partial charge is 0.335 e. The van der Waals surface area contributed by atoms with Crippen LogP contribution in [0.4, 0.5) is 5.69 Å². The number of fused-ring (bicyclic) bond motifs is 2. The highest BCUT2D eigenvalue weighted by molar-refractivity contribution is 8.17. The molecule has 0 spiro atoms. The van der Waals surface area contributed by atoms with Crippen LogP contribution in [0.3, 0.4) is 0 Å². The smallest absolute Gasteiger partial charge is 0.168 e. The lowest BCUT2D eigenvalue weighted by molar-refractivity contribution is 0.436. The van der Waals surface area contributed by atoms with Gasteiger partial charge >= 0.3 is 0 Å². The van der Waals surface area contributed by atoms with Gasteiger partial charge in [-0.25, -0.2) is 0 Å². The van der Waals surface area contributed by atoms with Crippen LogP contribution < -0.4 is 5.32 Å². The Kier molecular flexibility index (Phi) is 6.18. The number of amidine groups is 2. The maximum atomic E-state index is 4.76. The Morgan fingerprint density at radius 1 is 1.29 bits per heavy atom. The Morgan fingerprint density at radius 2 is 2.08 bits per heavy atom. The lowest BCUT2D eigenvalue weighted by Crippen LogP contribution is -2.29. The number of hydrogen-bond donors (Lipinski definition) is 1. The minimum absolute atomic E-state index is 0. The Hall–Kier alpha value is -0.820. The lowest BCUT2D eigenvalue weighted by atomic mass is 10.1. The van der Waals surface area contributed by atoms with E-state index in [1.54, 1.807) is 23.5 Å². The zero-order chi connectivity index (χ0) is 15.2. The van der Waals surface area contributed by atoms with E-state index in [4.69, 9.17) is 4.99 Å². The van der Waals surface area contributed by atoms with Crippen LogP contribution in [0.15, 0.2) is 45.4 Å². The second-order valence-electron chi connectivity index (χ2n) is 6.21. The van der Waals surface area contributed by atoms with E-state index in [-0.39, 0.29) is 30.4 Å². The Morgan fingerprint density at radius 3 is 2.92 bits per heavy atom. The second-order valence-corrected chi connectivity index (χ2v) is 8.01. The van der Waals surface area contributed by atoms with Crippen LogP contribution in [0.2, 0.25) is 0 Å². The molecule has 4 nitrogen and oxygen atoms in total. The van der Waals surface area contributed by atoms with Crippen molar-refractivity contribution >= 4 is 64.4 Å². The Bertz CT molecular complexity index is 716. The molecule has 8 heteroatoms. The van der Waals surface area contributed by atoms with Gasteiger partial charge in [-0.2, -0.15) is 0 Å². The van der Waals surface area contributed by atoms with Crippen LogP contribution in [0, 0.1) is 0 Å². The van der Waals surface area contributed by atoms with Gasteiger partial charge in [0.1, 0.15) is 0 Å². The molecule has 0 aliphatic carbocycles. The number of rotatable bonds is 2. The van der Waals surface area contributed by atoms with E-state index in [2.05, 4.69) is 58.7 Å². The van der Waals surface area contributed by atoms with Crippen LogP contribution >= 0.6 is 48.3 Å². The van der Waals surface area contributed by atoms with Crippen molar-refractivity contribution in [2.24, 2.45) is 9.98 Å². The van der Waals surface area contributed by atoms with E-state index in [1.165, 1.54) is 16.9 Å². The molecular formula is C16H20Cl2N4S2. The van der Waals surface area contributed by atoms with E-state index in [0.29, 0.717) is 0 Å². The molecule has 3 aliphatic heterocycles. The van der Waals surface area contributed by atoms with Gasteiger partial charge in [0.05, 0.1) is 12.1 Å². The molecular weight excluding hydrogens is 383 g/mol. The van der Waals surface area contributed by atoms with Gasteiger partial charge in [-0.15, -0.1) is 24.8 Å². The van der Waals surface area contributed by atoms with Crippen LogP contribution in [-0.4, -0.2) is 33.1 Å². The van der Waals surface area contributed by atoms with Crippen molar-refractivity contribution < 1.29 is 0 Å². The zero-order valence-electron chi connectivity index (χ0n) is 13.5. The lowest BCUT2D eigenvalue weighted by Gasteiger charge is -2.22. The van der Waals surface area contributed by atoms with Gasteiger partial charge < -0.3 is 10.2 Å². The molecule has 4 rings (SSSR count). The van der Waals surface area contributed by atoms with E-state index < -0.39 is 0 Å². The first-order valence-electron chi connectivity index (χ1n) is 7.36. The van der Waals surface area contributed by atoms with E-state index >= 15 is 0 Å². The van der Waals surface area contributed by atoms with Gasteiger partial charge in [-0.1, -0.05) is 41.7 Å². The third kappa shape index (κ3) is 3.87. The molecule has 3 heterocycles. The first-order valence-corrected chi connectivity index (χ1v) is 9.23. The molecule has 0 fully saturated rings. The van der Waals surface area contributed by atoms with Gasteiger partial charge in [-0.05, 0) is 30.9 Å². The van der Waals surface area contributed by atoms with Crippen molar-refractivity contribution in [1.29, 1.82) is 0 Å². The number of aliphatic imine (C=N–C) groups is 2. The van der Waals surface area contributed by atoms with Gasteiger partial charge in [0.25, 0.3) is 0 Å². The van der Waals surface area contributed by atoms with Crippen molar-refractivity contribution in [3.05, 3.63) is 40.9 Å². The van der Waals surface area contributed by atoms with Crippen molar-refractivity contribution in [3.63, 3.8) is 0 Å². The topological polar surface area (TPSA) is 40.0 Å². The molecule has 1 aromatic carbocycles. The number of nitrogens with zero attached hydrogens (tertiary/aromatic N) is 3. The predicted octanol–water partition coefficient (Wildman–Crippen LogP) is 4.58. The van der Waals surface area contributed by atoms with Crippen LogP contribution in [-0.2, 0) is 6.54 Å². The fourth-order valence-corrected chi connectivity index (χ4v) is 4.76. The van der Waals surface area contributed by atoms with Gasteiger partial charge in [0, 0.05) is 23.7 Å². The number of anilines is 1. The standard InChI is InChI=1S/C16H18N4S2.2ClH/c1-16(2)10-20-12(9-22-15(20)19-16)8-21-14-17-7-11-5-3-4-6-13(11)18-14;;/h3-6,9H,7-8,10H2,1-2H3,(H,17,18);2*1H. The summed E-state index contributed by atoms with van der Waals surface area (Å²) in [5.41, 5.74) is 3.81. The third-order valence-corrected chi connectivity index (χ3v) is 5.69. The van der Waals surface area contributed by atoms with Crippen molar-refractivity contribution in [3.8, 4) is 0 Å². The molecule has 130 valence electrons. The highest BCUT2D eigenvalue weighted by Gasteiger charge is 2.36. The molecule has 0 atom stereocenters. The monoisotopic (exact) mass is 402 g/mol. The second kappa shape index (κ2) is 7.60. The molecule has 0 saturated carbocycles. The fraction of sp³-hybridized carbons (Fsp3) is 0.375. The molecule has 0 unspecified atom stereocenters. The van der Waals surface area contributed by atoms with Gasteiger partial charge in [0.15, 0.2) is 10.3 Å². The number of benzene rings is 1. The molecule has 1 N–H and O–H groups in total. The minimum Gasteiger partial charge on any atom is -0.335 e. The maximum absolute atomic E-state index is 4.76. The fourth-order valence-electron chi connectivity index (χ4n) is 2.74. The van der Waals surface area contributed by atoms with E-state index in [0.717, 1.165) is 29.2 Å². The van der Waals surface area contributed by atoms with Crippen LogP contribution in [0.5, 0.6) is 0 Å². The SMILES string of the molecule is CC1(C)CN2C(CSC3=NCc4ccccc4N3)=CSC2=N1.Cl.Cl. The van der Waals surface area contributed by atoms with Crippen molar-refractivity contribution in [1.82, 2.24) is 4.90 Å². The summed E-state index contributed by atoms with van der Waals surface area (Å²) in [6.07, 6.45) is 0. The Balaban J connectivity index is 0.00000104. The molecule has 24 heavy (non-hydrogen) atoms. The highest BCUT2D eigenvalue weighted by atomic mass is 35.5. The first kappa shape index (κ1) is 19.5. The highest BCUT2D eigenvalue weighted by Crippen LogP contribution is 2.36. The summed E-state index contributed by atoms with van der Waals surface area (Å²) in [6.45, 7) is 6.12. The first-order chi connectivity index (χ1) is 10.6. The number of nitrogens with one attached hydrogen (secondary N) is 1. The maximum Gasteiger partial charge on any atom is 0.168 e. The van der Waals surface area contributed by atoms with Crippen LogP contribution in [0.1, 0.15) is 19.4 Å². The summed E-state index contributed by atoms with van der Waals surface area (Å²) < 4.78 is 0. The van der Waals surface area contributed by atoms with Gasteiger partial charge in [0.2, 0.25) is 0 Å². The van der Waals surface area contributed by atoms with Crippen LogP contribution in [0.25, 0.3) is 0 Å². The summed E-state index contributed by atoms with van der Waals surface area (Å²) in [4.78, 5) is 11.7. The van der Waals surface area contributed by atoms with Gasteiger partial charge in [-0.3, -0.25) is 9.98 Å². The third-order valence-electron chi connectivity index (χ3n) is 3.83. The normalized spacial score (nSPS) is 19.8. The molecule has 0 radical (unpaired) electrons. The molecule has 0 bridgehead atoms. The summed E-state index contributed by atoms with van der Waals surface area (Å²) in [5.74, 6) is 0.927. The zero-order valence-corrected chi connectivity index (χ0v) is 16.7. The van der Waals surface area contributed by atoms with Crippen molar-refractivity contribution in [2.45, 2.75) is 25.9 Å². The summed E-state index contributed by atoms with van der Waals surface area (Å²) in [6, 6.07) is 8.36. The number of halogens is 2. The molecule has 0 saturated heterocycles. The summed E-state index contributed by atoms with van der Waals surface area (Å²) in [5, 5.41) is 7.80. The average molecular weight is 403 g/mol. The Labute approximate surface area is 163 Å². The molecule has 0 amide bonds. The minimum atomic E-state index is 0. The van der Waals surface area contributed by atoms with E-state index in [9.17, 15) is 0 Å². The number of para-hydroxylation sites is 1. The molecule has 0 aromatic heterocycles. The average Bonchev–Trinajstić information content (AvgIpc) is 3.00. The van der Waals surface area contributed by atoms with E-state index in [1.807, 2.05) is 0 Å². The quantitative estimate of drug-likeness (QED) is 0.785. The summed E-state index contributed by atoms with van der Waals surface area (Å²) >= 11 is 3.51. The summed E-state index contributed by atoms with van der Waals surface area (Å²) in [7, 11) is 0. The molecule has 3 aliphatic rings.